The van der Waals surface area contributed by atoms with Crippen LogP contribution in [0.5, 0.6) is 0 Å². The van der Waals surface area contributed by atoms with Gasteiger partial charge in [0.05, 0.1) is 0 Å². The summed E-state index contributed by atoms with van der Waals surface area (Å²) in [6.45, 7) is 0. The van der Waals surface area contributed by atoms with Crippen LogP contribution in [0.3, 0.4) is 0 Å². The Morgan fingerprint density at radius 3 is 2.62 bits per heavy atom. The summed E-state index contributed by atoms with van der Waals surface area (Å²) < 4.78 is 0. The topological polar surface area (TPSA) is 93.4 Å². The first-order valence-electron chi connectivity index (χ1n) is 4.74. The molecule has 0 radical (unpaired) electrons. The highest BCUT2D eigenvalue weighted by Crippen LogP contribution is 2.19. The van der Waals surface area contributed by atoms with E-state index >= 15 is 0 Å². The largest absolute Gasteiger partial charge is 0.382 e. The Kier molecular flexibility index (Phi) is 1.79. The van der Waals surface area contributed by atoms with Crippen molar-refractivity contribution < 1.29 is 0 Å². The van der Waals surface area contributed by atoms with E-state index in [2.05, 4.69) is 25.4 Å². The predicted molar refractivity (Wildman–Crippen MR) is 59.3 cm³/mol. The molecule has 0 aliphatic rings. The maximum absolute atomic E-state index is 5.77. The van der Waals surface area contributed by atoms with Crippen LogP contribution in [0.15, 0.2) is 30.3 Å². The van der Waals surface area contributed by atoms with Crippen molar-refractivity contribution in [1.82, 2.24) is 25.4 Å². The summed E-state index contributed by atoms with van der Waals surface area (Å²) in [7, 11) is 0. The van der Waals surface area contributed by atoms with Crippen LogP contribution in [0, 0.1) is 0 Å². The van der Waals surface area contributed by atoms with Gasteiger partial charge in [0.25, 0.3) is 0 Å². The fourth-order valence-corrected chi connectivity index (χ4v) is 1.48. The number of rotatable bonds is 1. The van der Waals surface area contributed by atoms with Crippen molar-refractivity contribution >= 4 is 17.0 Å². The minimum Gasteiger partial charge on any atom is -0.382 e. The molecular formula is C10H8N6. The van der Waals surface area contributed by atoms with Crippen LogP contribution >= 0.6 is 0 Å². The molecule has 0 bridgehead atoms. The number of anilines is 1. The average Bonchev–Trinajstić information content (AvgIpc) is 2.79. The van der Waals surface area contributed by atoms with E-state index in [9.17, 15) is 0 Å². The zero-order valence-corrected chi connectivity index (χ0v) is 8.25. The van der Waals surface area contributed by atoms with Crippen LogP contribution in [0.2, 0.25) is 0 Å². The van der Waals surface area contributed by atoms with Gasteiger partial charge in [-0.05, 0) is 0 Å². The molecule has 0 aliphatic carbocycles. The molecule has 0 saturated heterocycles. The fourth-order valence-electron chi connectivity index (χ4n) is 1.48. The highest BCUT2D eigenvalue weighted by molar-refractivity contribution is 5.82. The summed E-state index contributed by atoms with van der Waals surface area (Å²) in [6, 6.07) is 9.60. The van der Waals surface area contributed by atoms with E-state index in [1.807, 2.05) is 30.3 Å². The molecule has 0 amide bonds. The second-order valence-corrected chi connectivity index (χ2v) is 3.29. The normalized spacial score (nSPS) is 10.8. The van der Waals surface area contributed by atoms with Crippen LogP contribution < -0.4 is 5.73 Å². The zero-order chi connectivity index (χ0) is 11.0. The molecule has 0 saturated carbocycles. The molecule has 78 valence electrons. The summed E-state index contributed by atoms with van der Waals surface area (Å²) in [5.41, 5.74) is 7.64. The minimum absolute atomic E-state index is 0.331. The Hall–Kier alpha value is -2.50. The molecule has 3 rings (SSSR count). The van der Waals surface area contributed by atoms with Gasteiger partial charge in [-0.3, -0.25) is 0 Å². The number of nitrogen functional groups attached to an aromatic ring is 1. The highest BCUT2D eigenvalue weighted by atomic mass is 15.3. The number of aromatic amines is 1. The lowest BCUT2D eigenvalue weighted by Crippen LogP contribution is -1.97. The summed E-state index contributed by atoms with van der Waals surface area (Å²) in [5, 5.41) is 10.2. The van der Waals surface area contributed by atoms with Crippen LogP contribution in [-0.4, -0.2) is 25.4 Å². The summed E-state index contributed by atoms with van der Waals surface area (Å²) in [4.78, 5) is 8.46. The number of nitrogens with two attached hydrogens (primary N) is 1. The third-order valence-electron chi connectivity index (χ3n) is 2.24. The van der Waals surface area contributed by atoms with E-state index in [-0.39, 0.29) is 0 Å². The van der Waals surface area contributed by atoms with Crippen molar-refractivity contribution in [3.05, 3.63) is 30.3 Å². The molecule has 0 spiro atoms. The van der Waals surface area contributed by atoms with Gasteiger partial charge in [-0.2, -0.15) is 10.3 Å². The molecule has 3 N–H and O–H groups in total. The monoisotopic (exact) mass is 212 g/mol. The third-order valence-corrected chi connectivity index (χ3v) is 2.24. The molecule has 0 atom stereocenters. The number of hydrogen-bond donors (Lipinski definition) is 2. The Bertz CT molecular complexity index is 630. The summed E-state index contributed by atoms with van der Waals surface area (Å²) >= 11 is 0. The molecule has 6 heteroatoms. The first-order chi connectivity index (χ1) is 7.84. The molecule has 16 heavy (non-hydrogen) atoms. The number of nitrogens with one attached hydrogen (secondary N) is 1. The minimum atomic E-state index is 0.331. The molecular weight excluding hydrogens is 204 g/mol. The van der Waals surface area contributed by atoms with Gasteiger partial charge in [0.2, 0.25) is 5.65 Å². The average molecular weight is 212 g/mol. The van der Waals surface area contributed by atoms with E-state index in [1.165, 1.54) is 0 Å². The van der Waals surface area contributed by atoms with E-state index < -0.39 is 0 Å². The molecule has 0 aliphatic heterocycles. The lowest BCUT2D eigenvalue weighted by molar-refractivity contribution is 0.955. The first-order valence-corrected chi connectivity index (χ1v) is 4.74. The highest BCUT2D eigenvalue weighted by Gasteiger charge is 2.09. The number of H-pyrrole nitrogens is 1. The summed E-state index contributed by atoms with van der Waals surface area (Å²) in [5.74, 6) is 0.886. The molecule has 3 aromatic rings. The van der Waals surface area contributed by atoms with Crippen molar-refractivity contribution in [3.63, 3.8) is 0 Å². The Balaban J connectivity index is 2.25. The van der Waals surface area contributed by atoms with Gasteiger partial charge < -0.3 is 5.73 Å². The van der Waals surface area contributed by atoms with E-state index in [1.54, 1.807) is 0 Å². The maximum Gasteiger partial charge on any atom is 0.207 e. The molecule has 0 fully saturated rings. The number of hydrogen-bond acceptors (Lipinski definition) is 5. The van der Waals surface area contributed by atoms with Gasteiger partial charge in [0.1, 0.15) is 0 Å². The predicted octanol–water partition coefficient (Wildman–Crippen LogP) is 0.997. The molecule has 1 aromatic carbocycles. The Labute approximate surface area is 90.5 Å². The van der Waals surface area contributed by atoms with Gasteiger partial charge in [-0.25, -0.2) is 9.97 Å². The standard InChI is InChI=1S/C10H8N6/c11-8-7-10(15-16-14-7)13-9(12-8)6-4-2-1-3-5-6/h1-5H,(H3,11,12,13,14,15,16). The van der Waals surface area contributed by atoms with E-state index in [4.69, 9.17) is 5.73 Å². The third kappa shape index (κ3) is 1.28. The Morgan fingerprint density at radius 1 is 1.00 bits per heavy atom. The second-order valence-electron chi connectivity index (χ2n) is 3.29. The zero-order valence-electron chi connectivity index (χ0n) is 8.25. The number of fused-ring (bicyclic) bond motifs is 1. The number of nitrogens with zero attached hydrogens (tertiary/aromatic N) is 4. The van der Waals surface area contributed by atoms with Crippen molar-refractivity contribution in [3.8, 4) is 11.4 Å². The number of benzene rings is 1. The van der Waals surface area contributed by atoms with Crippen LogP contribution in [0.4, 0.5) is 5.82 Å². The van der Waals surface area contributed by atoms with Gasteiger partial charge >= 0.3 is 0 Å². The van der Waals surface area contributed by atoms with Gasteiger partial charge in [-0.1, -0.05) is 30.3 Å². The molecule has 2 aromatic heterocycles. The van der Waals surface area contributed by atoms with Crippen molar-refractivity contribution in [1.29, 1.82) is 0 Å². The quantitative estimate of drug-likeness (QED) is 0.627. The smallest absolute Gasteiger partial charge is 0.207 e. The van der Waals surface area contributed by atoms with Crippen LogP contribution in [0.25, 0.3) is 22.6 Å². The Morgan fingerprint density at radius 2 is 1.81 bits per heavy atom. The SMILES string of the molecule is Nc1nc(-c2ccccc2)nc2n[nH]nc12. The fraction of sp³-hybridized carbons (Fsp3) is 0. The molecule has 0 unspecified atom stereocenters. The maximum atomic E-state index is 5.77. The van der Waals surface area contributed by atoms with Crippen LogP contribution in [-0.2, 0) is 0 Å². The van der Waals surface area contributed by atoms with Crippen molar-refractivity contribution in [2.45, 2.75) is 0 Å². The van der Waals surface area contributed by atoms with Crippen molar-refractivity contribution in [2.24, 2.45) is 0 Å². The molecule has 2 heterocycles. The first kappa shape index (κ1) is 8.78. The second kappa shape index (κ2) is 3.27. The van der Waals surface area contributed by atoms with Crippen LogP contribution in [0.1, 0.15) is 0 Å². The van der Waals surface area contributed by atoms with E-state index in [0.29, 0.717) is 22.8 Å². The summed E-state index contributed by atoms with van der Waals surface area (Å²) in [6.07, 6.45) is 0. The van der Waals surface area contributed by atoms with Gasteiger partial charge in [0.15, 0.2) is 17.2 Å². The van der Waals surface area contributed by atoms with Crippen molar-refractivity contribution in [2.75, 3.05) is 5.73 Å². The van der Waals surface area contributed by atoms with E-state index in [0.717, 1.165) is 5.56 Å². The molecule has 6 nitrogen and oxygen atoms in total. The van der Waals surface area contributed by atoms with Gasteiger partial charge in [-0.15, -0.1) is 5.10 Å². The lowest BCUT2D eigenvalue weighted by Gasteiger charge is -2.00. The van der Waals surface area contributed by atoms with Gasteiger partial charge in [0, 0.05) is 5.56 Å². The lowest BCUT2D eigenvalue weighted by atomic mass is 10.2. The number of aromatic nitrogens is 5.